The first kappa shape index (κ1) is 48.9. The molecule has 8 rings (SSSR count). The van der Waals surface area contributed by atoms with E-state index < -0.39 is 50.9 Å². The predicted molar refractivity (Wildman–Crippen MR) is 277 cm³/mol. The van der Waals surface area contributed by atoms with Gasteiger partial charge in [-0.2, -0.15) is 20.5 Å². The molecule has 0 unspecified atom stereocenters. The maximum Gasteiger partial charge on any atom is 0.345 e. The number of para-hydroxylation sites is 4. The second-order valence-electron chi connectivity index (χ2n) is 19.9. The van der Waals surface area contributed by atoms with E-state index in [4.69, 9.17) is 0 Å². The summed E-state index contributed by atoms with van der Waals surface area (Å²) >= 11 is 0. The first-order chi connectivity index (χ1) is 32.5. The zero-order valence-electron chi connectivity index (χ0n) is 39.8. The van der Waals surface area contributed by atoms with Crippen LogP contribution in [0.3, 0.4) is 0 Å². The number of rotatable bonds is 8. The third-order valence-corrected chi connectivity index (χ3v) is 17.4. The van der Waals surface area contributed by atoms with E-state index in [1.807, 2.05) is 72.8 Å². The second-order valence-corrected chi connectivity index (χ2v) is 29.9. The van der Waals surface area contributed by atoms with Crippen LogP contribution in [-0.4, -0.2) is 51.4 Å². The predicted octanol–water partition coefficient (Wildman–Crippen LogP) is 12.4. The topological polar surface area (TPSA) is 189 Å². The minimum absolute atomic E-state index is 0.264. The van der Waals surface area contributed by atoms with Gasteiger partial charge in [0.1, 0.15) is 0 Å². The van der Waals surface area contributed by atoms with E-state index in [1.165, 1.54) is 0 Å². The molecule has 0 saturated heterocycles. The van der Waals surface area contributed by atoms with Gasteiger partial charge in [0.15, 0.2) is 10.8 Å². The molecule has 0 aliphatic heterocycles. The molecule has 14 heteroatoms. The average molecular weight is 941 g/mol. The molecule has 6 amide bonds. The van der Waals surface area contributed by atoms with Crippen molar-refractivity contribution in [3.8, 4) is 12.1 Å². The highest BCUT2D eigenvalue weighted by Gasteiger charge is 2.62. The first-order valence-electron chi connectivity index (χ1n) is 23.5. The Morgan fingerprint density at radius 1 is 0.485 bits per heavy atom. The third-order valence-electron chi connectivity index (χ3n) is 13.2. The number of hydrogen-bond acceptors (Lipinski definition) is 6. The smallest absolute Gasteiger partial charge is 0.324 e. The maximum absolute atomic E-state index is 13.9. The van der Waals surface area contributed by atoms with Crippen LogP contribution in [0.25, 0.3) is 0 Å². The van der Waals surface area contributed by atoms with Crippen molar-refractivity contribution in [1.29, 1.82) is 10.5 Å². The number of allylic oxidation sites excluding steroid dienone is 4. The number of benzene rings is 4. The quantitative estimate of drug-likeness (QED) is 0.127. The van der Waals surface area contributed by atoms with Gasteiger partial charge in [-0.15, -0.1) is 0 Å². The molecule has 0 bridgehead atoms. The van der Waals surface area contributed by atoms with Crippen molar-refractivity contribution in [2.24, 2.45) is 32.7 Å². The van der Waals surface area contributed by atoms with Gasteiger partial charge in [-0.25, -0.2) is 9.59 Å². The molecule has 0 radical (unpaired) electrons. The lowest BCUT2D eigenvalue weighted by Crippen LogP contribution is -2.47. The van der Waals surface area contributed by atoms with Gasteiger partial charge in [0, 0.05) is 34.6 Å². The Morgan fingerprint density at radius 2 is 0.779 bits per heavy atom. The number of fused-ring (bicyclic) bond motifs is 2. The molecule has 4 aromatic carbocycles. The van der Waals surface area contributed by atoms with Gasteiger partial charge in [-0.05, 0) is 97.4 Å². The van der Waals surface area contributed by atoms with Gasteiger partial charge >= 0.3 is 12.1 Å². The minimum Gasteiger partial charge on any atom is -0.324 e. The van der Waals surface area contributed by atoms with Gasteiger partial charge < -0.3 is 21.3 Å². The van der Waals surface area contributed by atoms with Crippen LogP contribution in [0.2, 0.25) is 39.3 Å². The van der Waals surface area contributed by atoms with Crippen molar-refractivity contribution in [2.75, 3.05) is 21.3 Å². The Balaban J connectivity index is 0.000000201. The van der Waals surface area contributed by atoms with Crippen LogP contribution in [-0.2, 0) is 9.59 Å². The van der Waals surface area contributed by atoms with Gasteiger partial charge in [0.2, 0.25) is 0 Å². The third kappa shape index (κ3) is 9.98. The van der Waals surface area contributed by atoms with E-state index in [9.17, 15) is 29.7 Å². The van der Waals surface area contributed by atoms with E-state index in [-0.39, 0.29) is 11.8 Å². The highest BCUT2D eigenvalue weighted by atomic mass is 28.3. The molecule has 0 spiro atoms. The summed E-state index contributed by atoms with van der Waals surface area (Å²) in [6.45, 7) is 13.1. The number of carbonyl (C=O) groups is 4. The summed E-state index contributed by atoms with van der Waals surface area (Å²) in [6, 6.07) is 40.1. The monoisotopic (exact) mass is 940 g/mol. The molecule has 0 heterocycles. The number of nitriles is 2. The first-order valence-corrected chi connectivity index (χ1v) is 30.5. The van der Waals surface area contributed by atoms with Crippen molar-refractivity contribution < 1.29 is 19.2 Å². The van der Waals surface area contributed by atoms with Gasteiger partial charge in [0.25, 0.3) is 11.8 Å². The van der Waals surface area contributed by atoms with Crippen LogP contribution >= 0.6 is 0 Å². The van der Waals surface area contributed by atoms with E-state index in [0.717, 1.165) is 72.9 Å². The molecule has 68 heavy (non-hydrogen) atoms. The number of nitrogens with one attached hydrogen (secondary N) is 4. The number of urea groups is 2. The van der Waals surface area contributed by atoms with E-state index in [2.05, 4.69) is 82.7 Å². The molecule has 0 aromatic heterocycles. The minimum atomic E-state index is -2.06. The fourth-order valence-corrected chi connectivity index (χ4v) is 15.0. The molecule has 12 nitrogen and oxygen atoms in total. The standard InChI is InChI=1S/2C27H30N4O2Si/c2*1-34(2,3)23-21-16-10-11-17-22(21)27(18-28,25(32)29-19-12-6-4-7-13-19)24(23)31-26(33)30-20-14-8-5-9-15-20/h2*4-9,12-15,22H,10-11,16-17H2,1-3H3,(H,29,32)(H,30,33)/b2*31-24-/t2*22-,27+/m10/s1. The molecule has 4 aliphatic rings. The second kappa shape index (κ2) is 20.5. The molecule has 4 N–H and O–H groups in total. The lowest BCUT2D eigenvalue weighted by molar-refractivity contribution is -0.122. The Kier molecular flexibility index (Phi) is 14.7. The fraction of sp³-hybridized carbons (Fsp3) is 0.333. The largest absolute Gasteiger partial charge is 0.345 e. The van der Waals surface area contributed by atoms with Crippen LogP contribution in [0.15, 0.2) is 153 Å². The summed E-state index contributed by atoms with van der Waals surface area (Å²) in [5.41, 5.74) is 2.41. The molecule has 4 aromatic rings. The summed E-state index contributed by atoms with van der Waals surface area (Å²) in [5, 5.41) is 34.8. The van der Waals surface area contributed by atoms with Gasteiger partial charge in [0.05, 0.1) is 39.7 Å². The van der Waals surface area contributed by atoms with Gasteiger partial charge in [-0.1, -0.05) is 136 Å². The Hall–Kier alpha value is -7.01. The average Bonchev–Trinajstić information content (AvgIpc) is 3.78. The zero-order chi connectivity index (χ0) is 48.7. The van der Waals surface area contributed by atoms with Crippen LogP contribution in [0.4, 0.5) is 32.3 Å². The number of hydrogen-bond donors (Lipinski definition) is 4. The Morgan fingerprint density at radius 3 is 1.06 bits per heavy atom. The van der Waals surface area contributed by atoms with Crippen LogP contribution in [0, 0.1) is 45.3 Å². The molecule has 2 saturated carbocycles. The van der Waals surface area contributed by atoms with Crippen LogP contribution < -0.4 is 21.3 Å². The summed E-state index contributed by atoms with van der Waals surface area (Å²) in [5.74, 6) is -1.35. The number of aliphatic imine (C=N–C) groups is 2. The molecule has 4 aliphatic carbocycles. The molecule has 2 fully saturated rings. The Bertz CT molecular complexity index is 2580. The fourth-order valence-electron chi connectivity index (χ4n) is 10.5. The summed E-state index contributed by atoms with van der Waals surface area (Å²) < 4.78 is 0. The summed E-state index contributed by atoms with van der Waals surface area (Å²) in [6.07, 6.45) is 7.07. The number of carbonyl (C=O) groups excluding carboxylic acids is 4. The van der Waals surface area contributed by atoms with Crippen molar-refractivity contribution >= 4 is 74.2 Å². The zero-order valence-corrected chi connectivity index (χ0v) is 41.8. The van der Waals surface area contributed by atoms with E-state index in [1.54, 1.807) is 48.5 Å². The van der Waals surface area contributed by atoms with Crippen molar-refractivity contribution in [2.45, 2.75) is 90.6 Å². The number of anilines is 4. The molecular weight excluding hydrogens is 881 g/mol. The SMILES string of the molecule is C[Si](C)(C)C1=C2CCCC[C@@H]2[C@@](C#N)(C(=O)Nc2ccccc2)/C1=N\C(=O)Nc1ccccc1.C[Si](C)(C)C1=C2CCCC[C@H]2[C@](C#N)(C(=O)Nc2ccccc2)/C1=N\C(=O)Nc1ccccc1. The Labute approximate surface area is 401 Å². The van der Waals surface area contributed by atoms with Gasteiger partial charge in [-0.3, -0.25) is 9.59 Å². The highest BCUT2D eigenvalue weighted by molar-refractivity contribution is 6.89. The number of amides is 6. The number of nitrogens with zero attached hydrogens (tertiary/aromatic N) is 4. The summed E-state index contributed by atoms with van der Waals surface area (Å²) in [4.78, 5) is 62.9. The molecular formula is C54H60N8O4Si2. The van der Waals surface area contributed by atoms with Crippen molar-refractivity contribution in [1.82, 2.24) is 0 Å². The van der Waals surface area contributed by atoms with E-state index >= 15 is 0 Å². The van der Waals surface area contributed by atoms with E-state index in [0.29, 0.717) is 34.2 Å². The van der Waals surface area contributed by atoms with Crippen molar-refractivity contribution in [3.05, 3.63) is 143 Å². The molecule has 4 atom stereocenters. The summed E-state index contributed by atoms with van der Waals surface area (Å²) in [7, 11) is -4.12. The van der Waals surface area contributed by atoms with Crippen molar-refractivity contribution in [3.63, 3.8) is 0 Å². The molecule has 348 valence electrons. The van der Waals surface area contributed by atoms with Crippen LogP contribution in [0.5, 0.6) is 0 Å². The normalized spacial score (nSPS) is 23.2. The maximum atomic E-state index is 13.9. The lowest BCUT2D eigenvalue weighted by atomic mass is 9.69. The highest BCUT2D eigenvalue weighted by Crippen LogP contribution is 2.55. The lowest BCUT2D eigenvalue weighted by Gasteiger charge is -2.32. The van der Waals surface area contributed by atoms with Crippen LogP contribution in [0.1, 0.15) is 51.4 Å².